The number of ether oxygens (including phenoxy) is 1. The van der Waals surface area contributed by atoms with E-state index in [4.69, 9.17) is 4.74 Å². The lowest BCUT2D eigenvalue weighted by Gasteiger charge is -2.36. The first kappa shape index (κ1) is 7.60. The monoisotopic (exact) mass is 154 g/mol. The van der Waals surface area contributed by atoms with Gasteiger partial charge in [-0.2, -0.15) is 0 Å². The second-order valence-corrected chi connectivity index (χ2v) is 4.22. The first-order chi connectivity index (χ1) is 5.28. The lowest BCUT2D eigenvalue weighted by Crippen LogP contribution is -2.35. The molecular weight excluding hydrogens is 136 g/mol. The van der Waals surface area contributed by atoms with Crippen LogP contribution in [0.5, 0.6) is 0 Å². The topological polar surface area (TPSA) is 9.23 Å². The second-order valence-electron chi connectivity index (χ2n) is 4.22. The molecule has 2 atom stereocenters. The lowest BCUT2D eigenvalue weighted by molar-refractivity contribution is -0.0606. The quantitative estimate of drug-likeness (QED) is 0.564. The standard InChI is InChI=1S/C10H18O/c1-3-9-8(2)10(4-5-10)6-7-11-9/h8-9H,3-7H2,1-2H3. The summed E-state index contributed by atoms with van der Waals surface area (Å²) in [5, 5.41) is 0. The van der Waals surface area contributed by atoms with Crippen molar-refractivity contribution in [3.63, 3.8) is 0 Å². The zero-order chi connectivity index (χ0) is 7.90. The van der Waals surface area contributed by atoms with Crippen LogP contribution in [-0.2, 0) is 4.74 Å². The van der Waals surface area contributed by atoms with Gasteiger partial charge in [0.25, 0.3) is 0 Å². The Morgan fingerprint density at radius 3 is 2.64 bits per heavy atom. The van der Waals surface area contributed by atoms with E-state index < -0.39 is 0 Å². The van der Waals surface area contributed by atoms with Crippen molar-refractivity contribution < 1.29 is 4.74 Å². The van der Waals surface area contributed by atoms with Gasteiger partial charge in [0.15, 0.2) is 0 Å². The summed E-state index contributed by atoms with van der Waals surface area (Å²) in [7, 11) is 0. The Morgan fingerprint density at radius 2 is 2.09 bits per heavy atom. The molecule has 64 valence electrons. The van der Waals surface area contributed by atoms with Gasteiger partial charge >= 0.3 is 0 Å². The van der Waals surface area contributed by atoms with Gasteiger partial charge in [-0.1, -0.05) is 13.8 Å². The molecule has 1 heteroatoms. The number of hydrogen-bond acceptors (Lipinski definition) is 1. The van der Waals surface area contributed by atoms with Gasteiger partial charge in [-0.15, -0.1) is 0 Å². The molecule has 0 aromatic rings. The van der Waals surface area contributed by atoms with Gasteiger partial charge in [0.2, 0.25) is 0 Å². The maximum Gasteiger partial charge on any atom is 0.0603 e. The predicted octanol–water partition coefficient (Wildman–Crippen LogP) is 2.60. The van der Waals surface area contributed by atoms with Crippen LogP contribution in [0.4, 0.5) is 0 Å². The Bertz CT molecular complexity index is 149. The molecule has 2 fully saturated rings. The molecular formula is C10H18O. The maximum atomic E-state index is 5.71. The van der Waals surface area contributed by atoms with Crippen LogP contribution in [0.2, 0.25) is 0 Å². The van der Waals surface area contributed by atoms with Crippen molar-refractivity contribution in [1.82, 2.24) is 0 Å². The minimum absolute atomic E-state index is 0.561. The highest BCUT2D eigenvalue weighted by Gasteiger charge is 2.51. The van der Waals surface area contributed by atoms with Crippen LogP contribution in [0.1, 0.15) is 39.5 Å². The molecule has 0 radical (unpaired) electrons. The molecule has 0 amide bonds. The molecule has 2 unspecified atom stereocenters. The Labute approximate surface area is 69.1 Å². The van der Waals surface area contributed by atoms with Gasteiger partial charge in [0.05, 0.1) is 6.10 Å². The summed E-state index contributed by atoms with van der Waals surface area (Å²) in [5.41, 5.74) is 0.735. The normalized spacial score (nSPS) is 40.9. The Morgan fingerprint density at radius 1 is 1.36 bits per heavy atom. The third-order valence-electron chi connectivity index (χ3n) is 3.75. The molecule has 2 rings (SSSR count). The van der Waals surface area contributed by atoms with E-state index in [1.54, 1.807) is 0 Å². The summed E-state index contributed by atoms with van der Waals surface area (Å²) >= 11 is 0. The number of rotatable bonds is 1. The highest BCUT2D eigenvalue weighted by atomic mass is 16.5. The first-order valence-electron chi connectivity index (χ1n) is 4.90. The van der Waals surface area contributed by atoms with E-state index in [9.17, 15) is 0 Å². The fraction of sp³-hybridized carbons (Fsp3) is 1.00. The van der Waals surface area contributed by atoms with Gasteiger partial charge in [-0.3, -0.25) is 0 Å². The van der Waals surface area contributed by atoms with Crippen molar-refractivity contribution in [2.75, 3.05) is 6.61 Å². The Hall–Kier alpha value is -0.0400. The van der Waals surface area contributed by atoms with E-state index >= 15 is 0 Å². The SMILES string of the molecule is CCC1OCCC2(CC2)C1C. The van der Waals surface area contributed by atoms with Crippen LogP contribution in [0.3, 0.4) is 0 Å². The smallest absolute Gasteiger partial charge is 0.0603 e. The molecule has 1 saturated heterocycles. The van der Waals surface area contributed by atoms with E-state index in [2.05, 4.69) is 13.8 Å². The van der Waals surface area contributed by atoms with Gasteiger partial charge in [-0.25, -0.2) is 0 Å². The third kappa shape index (κ3) is 1.10. The molecule has 0 bridgehead atoms. The molecule has 1 aliphatic carbocycles. The van der Waals surface area contributed by atoms with E-state index in [1.165, 1.54) is 25.7 Å². The van der Waals surface area contributed by atoms with Crippen molar-refractivity contribution in [2.45, 2.75) is 45.6 Å². The predicted molar refractivity (Wildman–Crippen MR) is 45.5 cm³/mol. The molecule has 1 aliphatic heterocycles. The van der Waals surface area contributed by atoms with Crippen LogP contribution in [-0.4, -0.2) is 12.7 Å². The summed E-state index contributed by atoms with van der Waals surface area (Å²) in [6, 6.07) is 0. The van der Waals surface area contributed by atoms with Crippen molar-refractivity contribution in [2.24, 2.45) is 11.3 Å². The zero-order valence-electron chi connectivity index (χ0n) is 7.60. The largest absolute Gasteiger partial charge is 0.378 e. The van der Waals surface area contributed by atoms with E-state index in [0.29, 0.717) is 6.10 Å². The molecule has 1 heterocycles. The van der Waals surface area contributed by atoms with Crippen molar-refractivity contribution >= 4 is 0 Å². The molecule has 1 saturated carbocycles. The van der Waals surface area contributed by atoms with E-state index in [1.807, 2.05) is 0 Å². The summed E-state index contributed by atoms with van der Waals surface area (Å²) in [4.78, 5) is 0. The Kier molecular flexibility index (Phi) is 1.71. The summed E-state index contributed by atoms with van der Waals surface area (Å²) in [5.74, 6) is 0.821. The van der Waals surface area contributed by atoms with Crippen molar-refractivity contribution in [3.8, 4) is 0 Å². The number of hydrogen-bond donors (Lipinski definition) is 0. The molecule has 1 nitrogen and oxygen atoms in total. The summed E-state index contributed by atoms with van der Waals surface area (Å²) in [6.45, 7) is 5.63. The van der Waals surface area contributed by atoms with Crippen LogP contribution >= 0.6 is 0 Å². The Balaban J connectivity index is 2.04. The maximum absolute atomic E-state index is 5.71. The summed E-state index contributed by atoms with van der Waals surface area (Å²) < 4.78 is 5.71. The van der Waals surface area contributed by atoms with Crippen LogP contribution in [0, 0.1) is 11.3 Å². The molecule has 0 N–H and O–H groups in total. The van der Waals surface area contributed by atoms with E-state index in [0.717, 1.165) is 17.9 Å². The molecule has 1 spiro atoms. The van der Waals surface area contributed by atoms with Gasteiger partial charge < -0.3 is 4.74 Å². The van der Waals surface area contributed by atoms with Gasteiger partial charge in [-0.05, 0) is 37.0 Å². The minimum atomic E-state index is 0.561. The first-order valence-corrected chi connectivity index (χ1v) is 4.90. The highest BCUT2D eigenvalue weighted by molar-refractivity contribution is 5.00. The van der Waals surface area contributed by atoms with Crippen LogP contribution < -0.4 is 0 Å². The highest BCUT2D eigenvalue weighted by Crippen LogP contribution is 2.58. The van der Waals surface area contributed by atoms with Gasteiger partial charge in [0, 0.05) is 6.61 Å². The van der Waals surface area contributed by atoms with Crippen LogP contribution in [0.15, 0.2) is 0 Å². The molecule has 11 heavy (non-hydrogen) atoms. The average molecular weight is 154 g/mol. The van der Waals surface area contributed by atoms with Crippen LogP contribution in [0.25, 0.3) is 0 Å². The average Bonchev–Trinajstić information content (AvgIpc) is 2.77. The summed E-state index contributed by atoms with van der Waals surface area (Å²) in [6.07, 6.45) is 6.02. The minimum Gasteiger partial charge on any atom is -0.378 e. The second kappa shape index (κ2) is 2.48. The zero-order valence-corrected chi connectivity index (χ0v) is 7.60. The molecule has 2 aliphatic rings. The third-order valence-corrected chi connectivity index (χ3v) is 3.75. The van der Waals surface area contributed by atoms with Gasteiger partial charge in [0.1, 0.15) is 0 Å². The fourth-order valence-corrected chi connectivity index (χ4v) is 2.52. The van der Waals surface area contributed by atoms with E-state index in [-0.39, 0.29) is 0 Å². The van der Waals surface area contributed by atoms with Crippen molar-refractivity contribution in [3.05, 3.63) is 0 Å². The molecule has 0 aromatic carbocycles. The fourth-order valence-electron chi connectivity index (χ4n) is 2.52. The molecule has 0 aromatic heterocycles. The lowest BCUT2D eigenvalue weighted by atomic mass is 9.81. The van der Waals surface area contributed by atoms with Crippen molar-refractivity contribution in [1.29, 1.82) is 0 Å².